The van der Waals surface area contributed by atoms with E-state index in [0.717, 1.165) is 5.69 Å². The molecule has 0 saturated carbocycles. The van der Waals surface area contributed by atoms with E-state index >= 15 is 0 Å². The maximum Gasteiger partial charge on any atom is 0.322 e. The SMILES string of the molecule is Cc1csc(Nc2cc(Oc3ccccc3)c(C(=O)N=O)cn2)n1. The zero-order chi connectivity index (χ0) is 16.9. The first-order valence-corrected chi connectivity index (χ1v) is 7.83. The maximum atomic E-state index is 11.7. The molecule has 0 unspecified atom stereocenters. The molecule has 0 radical (unpaired) electrons. The minimum atomic E-state index is -0.940. The summed E-state index contributed by atoms with van der Waals surface area (Å²) in [5, 5.41) is 8.04. The molecule has 1 amide bonds. The molecule has 1 N–H and O–H groups in total. The maximum absolute atomic E-state index is 11.7. The number of ether oxygens (including phenoxy) is 1. The topological polar surface area (TPSA) is 93.5 Å². The number of hydrogen-bond donors (Lipinski definition) is 1. The highest BCUT2D eigenvalue weighted by Crippen LogP contribution is 2.29. The molecule has 0 bridgehead atoms. The van der Waals surface area contributed by atoms with Gasteiger partial charge >= 0.3 is 5.91 Å². The lowest BCUT2D eigenvalue weighted by atomic mass is 10.2. The predicted molar refractivity (Wildman–Crippen MR) is 91.0 cm³/mol. The summed E-state index contributed by atoms with van der Waals surface area (Å²) in [5.74, 6) is 0.221. The third-order valence-electron chi connectivity index (χ3n) is 3.00. The molecule has 120 valence electrons. The summed E-state index contributed by atoms with van der Waals surface area (Å²) in [5.41, 5.74) is 0.884. The zero-order valence-electron chi connectivity index (χ0n) is 12.6. The smallest absolute Gasteiger partial charge is 0.322 e. The Balaban J connectivity index is 1.94. The van der Waals surface area contributed by atoms with Crippen LogP contribution in [-0.4, -0.2) is 15.9 Å². The van der Waals surface area contributed by atoms with Crippen LogP contribution in [0.15, 0.2) is 53.2 Å². The number of aryl methyl sites for hydroxylation is 1. The second-order valence-electron chi connectivity index (χ2n) is 4.80. The van der Waals surface area contributed by atoms with Gasteiger partial charge in [0, 0.05) is 22.8 Å². The van der Waals surface area contributed by atoms with Gasteiger partial charge in [-0.05, 0) is 19.1 Å². The summed E-state index contributed by atoms with van der Waals surface area (Å²) in [7, 11) is 0. The Hall–Kier alpha value is -3.13. The van der Waals surface area contributed by atoms with Gasteiger partial charge in [0.1, 0.15) is 22.9 Å². The minimum Gasteiger partial charge on any atom is -0.456 e. The highest BCUT2D eigenvalue weighted by atomic mass is 32.1. The van der Waals surface area contributed by atoms with E-state index in [1.807, 2.05) is 18.4 Å². The summed E-state index contributed by atoms with van der Waals surface area (Å²) < 4.78 is 5.70. The molecular formula is C16H12N4O3S. The number of benzene rings is 1. The number of nitrogens with one attached hydrogen (secondary N) is 1. The molecule has 0 fully saturated rings. The van der Waals surface area contributed by atoms with Crippen LogP contribution in [0.5, 0.6) is 11.5 Å². The van der Waals surface area contributed by atoms with E-state index in [9.17, 15) is 9.70 Å². The lowest BCUT2D eigenvalue weighted by Crippen LogP contribution is -2.02. The number of thiazole rings is 1. The van der Waals surface area contributed by atoms with Crippen LogP contribution in [0.2, 0.25) is 0 Å². The first-order valence-electron chi connectivity index (χ1n) is 6.95. The minimum absolute atomic E-state index is 0.00489. The fourth-order valence-corrected chi connectivity index (χ4v) is 2.63. The third-order valence-corrected chi connectivity index (χ3v) is 3.88. The highest BCUT2D eigenvalue weighted by molar-refractivity contribution is 7.13. The summed E-state index contributed by atoms with van der Waals surface area (Å²) in [6.07, 6.45) is 1.25. The average Bonchev–Trinajstić information content (AvgIpc) is 3.00. The molecule has 8 heteroatoms. The Labute approximate surface area is 141 Å². The second kappa shape index (κ2) is 6.97. The van der Waals surface area contributed by atoms with E-state index in [4.69, 9.17) is 4.74 Å². The number of carbonyl (C=O) groups is 1. The molecule has 0 aliphatic heterocycles. The summed E-state index contributed by atoms with van der Waals surface area (Å²) in [6.45, 7) is 1.89. The molecule has 3 rings (SSSR count). The Bertz CT molecular complexity index is 880. The number of amides is 1. The van der Waals surface area contributed by atoms with Gasteiger partial charge in [-0.15, -0.1) is 16.2 Å². The highest BCUT2D eigenvalue weighted by Gasteiger charge is 2.16. The van der Waals surface area contributed by atoms with Crippen LogP contribution in [0.25, 0.3) is 0 Å². The van der Waals surface area contributed by atoms with Crippen molar-refractivity contribution in [1.82, 2.24) is 9.97 Å². The molecule has 2 aromatic heterocycles. The number of nitroso groups, excluding NO2 is 1. The molecule has 7 nitrogen and oxygen atoms in total. The van der Waals surface area contributed by atoms with Gasteiger partial charge in [0.15, 0.2) is 5.13 Å². The van der Waals surface area contributed by atoms with Gasteiger partial charge in [0.25, 0.3) is 0 Å². The van der Waals surface area contributed by atoms with Crippen LogP contribution in [0.3, 0.4) is 0 Å². The summed E-state index contributed by atoms with van der Waals surface area (Å²) in [6, 6.07) is 10.4. The number of aromatic nitrogens is 2. The average molecular weight is 340 g/mol. The van der Waals surface area contributed by atoms with Crippen molar-refractivity contribution < 1.29 is 9.53 Å². The predicted octanol–water partition coefficient (Wildman–Crippen LogP) is 4.29. The Morgan fingerprint density at radius 3 is 2.75 bits per heavy atom. The molecule has 3 aromatic rings. The molecular weight excluding hydrogens is 328 g/mol. The van der Waals surface area contributed by atoms with Crippen LogP contribution in [0, 0.1) is 11.8 Å². The van der Waals surface area contributed by atoms with Crippen LogP contribution in [0.4, 0.5) is 10.9 Å². The van der Waals surface area contributed by atoms with Crippen molar-refractivity contribution in [3.05, 3.63) is 64.1 Å². The first-order chi connectivity index (χ1) is 11.7. The lowest BCUT2D eigenvalue weighted by molar-refractivity contribution is 0.0998. The number of nitrogens with zero attached hydrogens (tertiary/aromatic N) is 3. The molecule has 0 atom stereocenters. The van der Waals surface area contributed by atoms with E-state index in [1.54, 1.807) is 24.3 Å². The van der Waals surface area contributed by atoms with E-state index in [0.29, 0.717) is 16.7 Å². The van der Waals surface area contributed by atoms with Crippen molar-refractivity contribution in [2.45, 2.75) is 6.92 Å². The number of anilines is 2. The van der Waals surface area contributed by atoms with E-state index in [-0.39, 0.29) is 11.3 Å². The van der Waals surface area contributed by atoms with Gasteiger partial charge in [0.05, 0.1) is 5.69 Å². The number of carbonyl (C=O) groups excluding carboxylic acids is 1. The van der Waals surface area contributed by atoms with Gasteiger partial charge < -0.3 is 10.1 Å². The van der Waals surface area contributed by atoms with Crippen LogP contribution < -0.4 is 10.1 Å². The van der Waals surface area contributed by atoms with Gasteiger partial charge in [-0.2, -0.15) is 0 Å². The summed E-state index contributed by atoms with van der Waals surface area (Å²) in [4.78, 5) is 30.6. The van der Waals surface area contributed by atoms with Gasteiger partial charge in [-0.3, -0.25) is 4.79 Å². The molecule has 0 aliphatic carbocycles. The molecule has 0 aliphatic rings. The quantitative estimate of drug-likeness (QED) is 0.696. The van der Waals surface area contributed by atoms with Crippen molar-refractivity contribution in [2.75, 3.05) is 5.32 Å². The van der Waals surface area contributed by atoms with Crippen molar-refractivity contribution in [3.63, 3.8) is 0 Å². The molecule has 0 spiro atoms. The molecule has 2 heterocycles. The van der Waals surface area contributed by atoms with Gasteiger partial charge in [0.2, 0.25) is 0 Å². The largest absolute Gasteiger partial charge is 0.456 e. The Kier molecular flexibility index (Phi) is 4.57. The van der Waals surface area contributed by atoms with Crippen molar-refractivity contribution in [2.24, 2.45) is 5.18 Å². The Morgan fingerprint density at radius 1 is 1.29 bits per heavy atom. The number of rotatable bonds is 5. The van der Waals surface area contributed by atoms with Crippen molar-refractivity contribution in [1.29, 1.82) is 0 Å². The van der Waals surface area contributed by atoms with Crippen LogP contribution in [0.1, 0.15) is 16.1 Å². The standard InChI is InChI=1S/C16H12N4O3S/c1-10-9-24-16(18-10)19-14-7-13(12(8-17-14)15(21)20-22)23-11-5-3-2-4-6-11/h2-9H,1H3,(H,17,18,19). The Morgan fingerprint density at radius 2 is 2.08 bits per heavy atom. The van der Waals surface area contributed by atoms with Crippen LogP contribution in [-0.2, 0) is 0 Å². The van der Waals surface area contributed by atoms with E-state index in [2.05, 4.69) is 20.5 Å². The molecule has 0 saturated heterocycles. The normalized spacial score (nSPS) is 10.2. The van der Waals surface area contributed by atoms with Gasteiger partial charge in [-0.1, -0.05) is 18.2 Å². The van der Waals surface area contributed by atoms with E-state index in [1.165, 1.54) is 23.6 Å². The number of pyridine rings is 1. The van der Waals surface area contributed by atoms with Crippen molar-refractivity contribution in [3.8, 4) is 11.5 Å². The fraction of sp³-hybridized carbons (Fsp3) is 0.0625. The monoisotopic (exact) mass is 340 g/mol. The van der Waals surface area contributed by atoms with Crippen molar-refractivity contribution >= 4 is 28.2 Å². The third kappa shape index (κ3) is 3.61. The number of para-hydroxylation sites is 1. The second-order valence-corrected chi connectivity index (χ2v) is 5.65. The molecule has 24 heavy (non-hydrogen) atoms. The first kappa shape index (κ1) is 15.8. The van der Waals surface area contributed by atoms with E-state index < -0.39 is 5.91 Å². The molecule has 1 aromatic carbocycles. The lowest BCUT2D eigenvalue weighted by Gasteiger charge is -2.10. The fourth-order valence-electron chi connectivity index (χ4n) is 1.94. The summed E-state index contributed by atoms with van der Waals surface area (Å²) >= 11 is 1.43. The van der Waals surface area contributed by atoms with Crippen LogP contribution >= 0.6 is 11.3 Å². The van der Waals surface area contributed by atoms with Gasteiger partial charge in [-0.25, -0.2) is 9.97 Å². The zero-order valence-corrected chi connectivity index (χ0v) is 13.4. The number of hydrogen-bond acceptors (Lipinski definition) is 7.